The van der Waals surface area contributed by atoms with Gasteiger partial charge in [-0.05, 0) is 0 Å². The van der Waals surface area contributed by atoms with Gasteiger partial charge in [-0.3, -0.25) is 0 Å². The number of rotatable bonds is 3. The number of esters is 1. The van der Waals surface area contributed by atoms with Gasteiger partial charge in [-0.25, -0.2) is 9.78 Å². The molecule has 21 heavy (non-hydrogen) atoms. The van der Waals surface area contributed by atoms with Crippen molar-refractivity contribution in [2.45, 2.75) is 6.18 Å². The van der Waals surface area contributed by atoms with E-state index in [0.29, 0.717) is 7.94 Å². The molecular weight excluding hydrogens is 317 g/mol. The van der Waals surface area contributed by atoms with Gasteiger partial charge in [0.15, 0.2) is 6.20 Å². The summed E-state index contributed by atoms with van der Waals surface area (Å²) in [6.07, 6.45) is -0.0134. The Kier molecular flexibility index (Phi) is 3.49. The van der Waals surface area contributed by atoms with E-state index in [4.69, 9.17) is 0 Å². The zero-order valence-corrected chi connectivity index (χ0v) is 11.2. The molecule has 2 heterocycles. The van der Waals surface area contributed by atoms with Gasteiger partial charge in [-0.2, -0.15) is 30.1 Å². The van der Waals surface area contributed by atoms with Crippen molar-refractivity contribution in [2.75, 3.05) is 0 Å². The third-order valence-corrected chi connectivity index (χ3v) is 3.85. The molecule has 2 rings (SSSR count). The molecule has 0 saturated heterocycles. The highest BCUT2D eigenvalue weighted by molar-refractivity contribution is 7.88. The number of halogens is 3. The van der Waals surface area contributed by atoms with Gasteiger partial charge in [-0.1, -0.05) is 3.97 Å². The quantitative estimate of drug-likeness (QED) is 0.567. The molecule has 0 fully saturated rings. The zero-order valence-electron chi connectivity index (χ0n) is 10.4. The highest BCUT2D eigenvalue weighted by Crippen LogP contribution is 2.19. The largest absolute Gasteiger partial charge is 0.491 e. The summed E-state index contributed by atoms with van der Waals surface area (Å²) in [6.45, 7) is 0. The molecule has 0 aromatic carbocycles. The van der Waals surface area contributed by atoms with Crippen molar-refractivity contribution >= 4 is 16.2 Å². The average Bonchev–Trinajstić information content (AvgIpc) is 2.99. The van der Waals surface area contributed by atoms with E-state index in [0.717, 1.165) is 29.5 Å². The van der Waals surface area contributed by atoms with Gasteiger partial charge in [0, 0.05) is 12.4 Å². The molecule has 0 saturated carbocycles. The van der Waals surface area contributed by atoms with Crippen LogP contribution >= 0.6 is 0 Å². The first-order chi connectivity index (χ1) is 9.64. The van der Waals surface area contributed by atoms with Crippen LogP contribution in [0.4, 0.5) is 13.2 Å². The van der Waals surface area contributed by atoms with Gasteiger partial charge in [-0.15, -0.1) is 0 Å². The maximum Gasteiger partial charge on any atom is 0.491 e. The Labute approximate surface area is 116 Å². The molecule has 8 nitrogen and oxygen atoms in total. The first-order valence-electron chi connectivity index (χ1n) is 5.24. The number of nitrogens with zero attached hydrogens (tertiary/aromatic N) is 4. The highest BCUT2D eigenvalue weighted by Gasteiger charge is 2.44. The van der Waals surface area contributed by atoms with Crippen molar-refractivity contribution in [1.29, 1.82) is 0 Å². The normalized spacial score (nSPS) is 12.4. The van der Waals surface area contributed by atoms with Crippen LogP contribution in [-0.4, -0.2) is 33.5 Å². The second kappa shape index (κ2) is 4.87. The van der Waals surface area contributed by atoms with Crippen LogP contribution in [0.25, 0.3) is 0 Å². The van der Waals surface area contributed by atoms with E-state index in [-0.39, 0.29) is 0 Å². The lowest BCUT2D eigenvalue weighted by atomic mass is 10.7. The molecule has 2 aromatic rings. The molecule has 0 unspecified atom stereocenters. The number of aryl methyl sites for hydroxylation is 1. The minimum absolute atomic E-state index is 0.387. The molecule has 0 radical (unpaired) electrons. The topological polar surface area (TPSA) is 87.1 Å². The van der Waals surface area contributed by atoms with E-state index in [2.05, 4.69) is 9.72 Å². The van der Waals surface area contributed by atoms with Crippen molar-refractivity contribution in [3.8, 4) is 6.01 Å². The summed E-state index contributed by atoms with van der Waals surface area (Å²) in [7, 11) is -3.07. The van der Waals surface area contributed by atoms with E-state index in [1.54, 1.807) is 0 Å². The van der Waals surface area contributed by atoms with Gasteiger partial charge >= 0.3 is 28.4 Å². The predicted molar refractivity (Wildman–Crippen MR) is 59.2 cm³/mol. The molecule has 0 bridgehead atoms. The lowest BCUT2D eigenvalue weighted by Crippen LogP contribution is -2.37. The average molecular weight is 325 g/mol. The molecule has 0 aliphatic carbocycles. The Hall–Kier alpha value is -2.37. The van der Waals surface area contributed by atoms with Crippen LogP contribution in [0, 0.1) is 0 Å². The molecule has 0 spiro atoms. The number of alkyl halides is 3. The molecule has 114 valence electrons. The Morgan fingerprint density at radius 3 is 2.57 bits per heavy atom. The van der Waals surface area contributed by atoms with Crippen LogP contribution in [0.15, 0.2) is 31.1 Å². The van der Waals surface area contributed by atoms with E-state index < -0.39 is 28.4 Å². The second-order valence-corrected chi connectivity index (χ2v) is 5.49. The van der Waals surface area contributed by atoms with Crippen molar-refractivity contribution in [3.05, 3.63) is 31.1 Å². The van der Waals surface area contributed by atoms with Gasteiger partial charge in [0.25, 0.3) is 0 Å². The number of carbonyl (C=O) groups excluding carboxylic acids is 1. The van der Waals surface area contributed by atoms with Crippen LogP contribution in [0.3, 0.4) is 0 Å². The monoisotopic (exact) mass is 325 g/mol. The summed E-state index contributed by atoms with van der Waals surface area (Å²) in [4.78, 5) is 14.4. The van der Waals surface area contributed by atoms with Gasteiger partial charge in [0.05, 0.1) is 7.05 Å². The summed E-state index contributed by atoms with van der Waals surface area (Å²) in [5, 5.41) is 0. The Bertz CT molecular complexity index is 764. The third kappa shape index (κ3) is 2.74. The fourth-order valence-electron chi connectivity index (χ4n) is 1.36. The molecule has 0 atom stereocenters. The maximum atomic E-state index is 12.2. The van der Waals surface area contributed by atoms with Crippen LogP contribution in [-0.2, 0) is 22.1 Å². The molecule has 12 heteroatoms. The Morgan fingerprint density at radius 2 is 2.05 bits per heavy atom. The van der Waals surface area contributed by atoms with Crippen molar-refractivity contribution in [3.63, 3.8) is 0 Å². The van der Waals surface area contributed by atoms with E-state index in [9.17, 15) is 26.4 Å². The Balaban J connectivity index is 2.47. The fraction of sp³-hybridized carbons (Fsp3) is 0.222. The molecule has 0 amide bonds. The summed E-state index contributed by atoms with van der Waals surface area (Å²) in [6, 6.07) is -0.814. The minimum atomic E-state index is -5.25. The molecule has 0 aliphatic rings. The lowest BCUT2D eigenvalue weighted by molar-refractivity contribution is -0.674. The molecule has 0 aliphatic heterocycles. The van der Waals surface area contributed by atoms with Crippen LogP contribution in [0.1, 0.15) is 0 Å². The van der Waals surface area contributed by atoms with Crippen molar-refractivity contribution < 1.29 is 35.7 Å². The number of carbonyl (C=O) groups is 1. The number of hydrogen-bond acceptors (Lipinski definition) is 5. The highest BCUT2D eigenvalue weighted by atomic mass is 32.2. The van der Waals surface area contributed by atoms with E-state index >= 15 is 0 Å². The summed E-state index contributed by atoms with van der Waals surface area (Å²) in [5.74, 6) is -2.53. The Morgan fingerprint density at radius 1 is 1.38 bits per heavy atom. The smallest absolute Gasteiger partial charge is 0.349 e. The fourth-order valence-corrected chi connectivity index (χ4v) is 2.52. The first kappa shape index (κ1) is 15.0. The number of hydrogen-bond donors (Lipinski definition) is 0. The van der Waals surface area contributed by atoms with Crippen LogP contribution in [0.2, 0.25) is 0 Å². The summed E-state index contributed by atoms with van der Waals surface area (Å²) in [5.41, 5.74) is 0. The van der Waals surface area contributed by atoms with Crippen LogP contribution in [0.5, 0.6) is 6.01 Å². The molecule has 2 aromatic heterocycles. The second-order valence-electron chi connectivity index (χ2n) is 3.78. The minimum Gasteiger partial charge on any atom is -0.349 e. The SMILES string of the molecule is C[n+]1ccn(S(=O)(=O)n2ccnc2)c1OC(=O)C(F)(F)F. The van der Waals surface area contributed by atoms with Crippen molar-refractivity contribution in [2.24, 2.45) is 7.05 Å². The van der Waals surface area contributed by atoms with Gasteiger partial charge < -0.3 is 4.74 Å². The first-order valence-corrected chi connectivity index (χ1v) is 6.64. The number of ether oxygens (including phenoxy) is 1. The summed E-state index contributed by atoms with van der Waals surface area (Å²) < 4.78 is 67.0. The standard InChI is InChI=1S/C9H8F3N4O4S/c1-14-4-5-16(8(14)20-7(17)9(10,11)12)21(18,19)15-3-2-13-6-15/h2-6H,1H3/q+1. The van der Waals surface area contributed by atoms with E-state index in [1.165, 1.54) is 13.2 Å². The summed E-state index contributed by atoms with van der Waals surface area (Å²) >= 11 is 0. The van der Waals surface area contributed by atoms with Crippen molar-refractivity contribution in [1.82, 2.24) is 12.9 Å². The third-order valence-electron chi connectivity index (χ3n) is 2.33. The molecular formula is C9H8F3N4O4S+. The lowest BCUT2D eigenvalue weighted by Gasteiger charge is -2.06. The molecule has 0 N–H and O–H groups in total. The van der Waals surface area contributed by atoms with E-state index in [1.807, 2.05) is 0 Å². The maximum absolute atomic E-state index is 12.2. The number of imidazole rings is 2. The van der Waals surface area contributed by atoms with Crippen LogP contribution < -0.4 is 9.30 Å². The van der Waals surface area contributed by atoms with Gasteiger partial charge in [0.2, 0.25) is 0 Å². The predicted octanol–water partition coefficient (Wildman–Crippen LogP) is -0.382. The number of aromatic nitrogens is 4. The zero-order chi connectivity index (χ0) is 15.8. The van der Waals surface area contributed by atoms with Gasteiger partial charge in [0.1, 0.15) is 12.5 Å².